The second-order valence-electron chi connectivity index (χ2n) is 3.45. The summed E-state index contributed by atoms with van der Waals surface area (Å²) in [5.41, 5.74) is 1.77. The number of benzene rings is 1. The van der Waals surface area contributed by atoms with Crippen LogP contribution in [0.2, 0.25) is 0 Å². The molecule has 73 valence electrons. The Balaban J connectivity index is 2.11. The number of thioether (sulfide) groups is 1. The lowest BCUT2D eigenvalue weighted by atomic mass is 10.0. The maximum Gasteiger partial charge on any atom is 0.146 e. The number of carbonyl (C=O) groups excluding carboxylic acids is 1. The number of hydrogen-bond acceptors (Lipinski definition) is 3. The topological polar surface area (TPSA) is 29.4 Å². The van der Waals surface area contributed by atoms with Crippen molar-refractivity contribution in [3.63, 3.8) is 0 Å². The molecule has 1 heterocycles. The molecule has 0 unspecified atom stereocenters. The minimum atomic E-state index is 0.137. The van der Waals surface area contributed by atoms with E-state index >= 15 is 0 Å². The molecule has 3 rings (SSSR count). The highest BCUT2D eigenvalue weighted by molar-refractivity contribution is 8.04. The maximum absolute atomic E-state index is 11.2. The van der Waals surface area contributed by atoms with Crippen molar-refractivity contribution in [1.29, 1.82) is 0 Å². The summed E-state index contributed by atoms with van der Waals surface area (Å²) in [5, 5.41) is 0. The lowest BCUT2D eigenvalue weighted by molar-refractivity contribution is -0.114. The quantitative estimate of drug-likeness (QED) is 0.664. The van der Waals surface area contributed by atoms with E-state index in [-0.39, 0.29) is 5.78 Å². The van der Waals surface area contributed by atoms with Crippen LogP contribution in [0.1, 0.15) is 6.42 Å². The Bertz CT molecular complexity index is 502. The minimum Gasteiger partial charge on any atom is -0.299 e. The molecule has 0 amide bonds. The fraction of sp³-hybridized carbons (Fsp3) is 0.0833. The number of fused-ring (bicyclic) bond motifs is 2. The first-order chi connectivity index (χ1) is 7.33. The normalized spacial score (nSPS) is 18.8. The highest BCUT2D eigenvalue weighted by Crippen LogP contribution is 2.41. The van der Waals surface area contributed by atoms with E-state index in [2.05, 4.69) is 11.1 Å². The third-order valence-corrected chi connectivity index (χ3v) is 3.53. The van der Waals surface area contributed by atoms with Crippen molar-refractivity contribution in [3.8, 4) is 0 Å². The average molecular weight is 214 g/mol. The summed E-state index contributed by atoms with van der Waals surface area (Å²) in [5.74, 6) is 0.137. The summed E-state index contributed by atoms with van der Waals surface area (Å²) in [6.45, 7) is 0. The average Bonchev–Trinajstić information content (AvgIpc) is 2.26. The van der Waals surface area contributed by atoms with Gasteiger partial charge >= 0.3 is 0 Å². The fourth-order valence-corrected chi connectivity index (χ4v) is 2.62. The number of Topliss-reactive ketones (excluding diaryl/α,β-unsaturated/α-hetero) is 1. The van der Waals surface area contributed by atoms with E-state index in [0.717, 1.165) is 21.2 Å². The van der Waals surface area contributed by atoms with E-state index in [9.17, 15) is 4.79 Å². The predicted molar refractivity (Wildman–Crippen MR) is 61.4 cm³/mol. The molecule has 1 aliphatic heterocycles. The molecule has 0 fully saturated rings. The molecule has 2 aliphatic rings. The van der Waals surface area contributed by atoms with Crippen LogP contribution in [0.25, 0.3) is 0 Å². The predicted octanol–water partition coefficient (Wildman–Crippen LogP) is 2.93. The Morgan fingerprint density at radius 2 is 2.13 bits per heavy atom. The van der Waals surface area contributed by atoms with Crippen molar-refractivity contribution < 1.29 is 4.79 Å². The second kappa shape index (κ2) is 3.35. The van der Waals surface area contributed by atoms with Gasteiger partial charge in [-0.1, -0.05) is 30.0 Å². The number of rotatable bonds is 0. The van der Waals surface area contributed by atoms with Gasteiger partial charge < -0.3 is 0 Å². The molecule has 0 saturated heterocycles. The molecular weight excluding hydrogens is 206 g/mol. The molecule has 1 aliphatic carbocycles. The van der Waals surface area contributed by atoms with E-state index in [0.29, 0.717) is 6.42 Å². The van der Waals surface area contributed by atoms with E-state index in [1.165, 1.54) is 0 Å². The van der Waals surface area contributed by atoms with E-state index in [1.807, 2.05) is 24.3 Å². The first-order valence-corrected chi connectivity index (χ1v) is 5.58. The van der Waals surface area contributed by atoms with Crippen LogP contribution in [-0.4, -0.2) is 11.5 Å². The Morgan fingerprint density at radius 3 is 3.07 bits per heavy atom. The smallest absolute Gasteiger partial charge is 0.146 e. The first kappa shape index (κ1) is 8.92. The fourth-order valence-electron chi connectivity index (χ4n) is 1.65. The number of nitrogens with zero attached hydrogens (tertiary/aromatic N) is 1. The van der Waals surface area contributed by atoms with Crippen molar-refractivity contribution in [3.05, 3.63) is 41.7 Å². The van der Waals surface area contributed by atoms with Gasteiger partial charge in [0, 0.05) is 16.2 Å². The third kappa shape index (κ3) is 1.53. The molecule has 15 heavy (non-hydrogen) atoms. The molecule has 1 aromatic carbocycles. The van der Waals surface area contributed by atoms with Crippen LogP contribution < -0.4 is 0 Å². The SMILES string of the molecule is O=C1[CH]C2=Nc3ccccc3SC2=CC1. The van der Waals surface area contributed by atoms with Gasteiger partial charge in [-0.2, -0.15) is 0 Å². The monoisotopic (exact) mass is 214 g/mol. The molecule has 2 nitrogen and oxygen atoms in total. The third-order valence-electron chi connectivity index (χ3n) is 2.36. The van der Waals surface area contributed by atoms with E-state index in [4.69, 9.17) is 0 Å². The van der Waals surface area contributed by atoms with Crippen LogP contribution >= 0.6 is 11.8 Å². The van der Waals surface area contributed by atoms with Gasteiger partial charge in [-0.25, -0.2) is 0 Å². The van der Waals surface area contributed by atoms with Gasteiger partial charge in [0.2, 0.25) is 0 Å². The number of aliphatic imine (C=N–C) groups is 1. The molecule has 0 atom stereocenters. The van der Waals surface area contributed by atoms with Crippen molar-refractivity contribution in [2.45, 2.75) is 11.3 Å². The van der Waals surface area contributed by atoms with Gasteiger partial charge in [0.15, 0.2) is 0 Å². The van der Waals surface area contributed by atoms with Gasteiger partial charge in [-0.05, 0) is 12.1 Å². The van der Waals surface area contributed by atoms with Gasteiger partial charge in [0.25, 0.3) is 0 Å². The molecule has 1 aromatic rings. The molecule has 3 heteroatoms. The Morgan fingerprint density at radius 1 is 1.27 bits per heavy atom. The lowest BCUT2D eigenvalue weighted by Crippen LogP contribution is -2.16. The van der Waals surface area contributed by atoms with Gasteiger partial charge in [-0.3, -0.25) is 9.79 Å². The molecule has 0 aromatic heterocycles. The van der Waals surface area contributed by atoms with Crippen molar-refractivity contribution in [2.75, 3.05) is 0 Å². The van der Waals surface area contributed by atoms with E-state index in [1.54, 1.807) is 18.2 Å². The first-order valence-electron chi connectivity index (χ1n) is 4.76. The number of para-hydroxylation sites is 1. The number of carbonyl (C=O) groups is 1. The highest BCUT2D eigenvalue weighted by atomic mass is 32.2. The molecule has 1 radical (unpaired) electrons. The van der Waals surface area contributed by atoms with Crippen LogP contribution in [0.4, 0.5) is 5.69 Å². The summed E-state index contributed by atoms with van der Waals surface area (Å²) in [7, 11) is 0. The standard InChI is InChI=1S/C12H8NOS/c14-8-5-6-12-10(7-8)13-9-3-1-2-4-11(9)15-12/h1-4,6-7H,5H2. The zero-order valence-electron chi connectivity index (χ0n) is 7.93. The zero-order valence-corrected chi connectivity index (χ0v) is 8.75. The maximum atomic E-state index is 11.2. The molecule has 0 saturated carbocycles. The van der Waals surface area contributed by atoms with E-state index < -0.39 is 0 Å². The number of hydrogen-bond donors (Lipinski definition) is 0. The summed E-state index contributed by atoms with van der Waals surface area (Å²) in [4.78, 5) is 18.0. The van der Waals surface area contributed by atoms with Crippen molar-refractivity contribution >= 4 is 28.9 Å². The summed E-state index contributed by atoms with van der Waals surface area (Å²) in [6.07, 6.45) is 4.10. The van der Waals surface area contributed by atoms with Crippen LogP contribution in [0.3, 0.4) is 0 Å². The van der Waals surface area contributed by atoms with Crippen LogP contribution in [0, 0.1) is 6.42 Å². The number of allylic oxidation sites excluding steroid dienone is 2. The van der Waals surface area contributed by atoms with Crippen molar-refractivity contribution in [2.24, 2.45) is 4.99 Å². The van der Waals surface area contributed by atoms with Gasteiger partial charge in [0.05, 0.1) is 17.8 Å². The van der Waals surface area contributed by atoms with Crippen molar-refractivity contribution in [1.82, 2.24) is 0 Å². The second-order valence-corrected chi connectivity index (χ2v) is 4.53. The Hall–Kier alpha value is -1.35. The van der Waals surface area contributed by atoms with Crippen LogP contribution in [0.15, 0.2) is 45.1 Å². The zero-order chi connectivity index (χ0) is 10.3. The van der Waals surface area contributed by atoms with Crippen LogP contribution in [-0.2, 0) is 4.79 Å². The molecular formula is C12H8NOS. The Kier molecular flexibility index (Phi) is 1.99. The minimum absolute atomic E-state index is 0.137. The highest BCUT2D eigenvalue weighted by Gasteiger charge is 2.23. The lowest BCUT2D eigenvalue weighted by Gasteiger charge is -2.19. The Labute approximate surface area is 92.1 Å². The molecule has 0 N–H and O–H groups in total. The summed E-state index contributed by atoms with van der Waals surface area (Å²) < 4.78 is 0. The largest absolute Gasteiger partial charge is 0.299 e. The van der Waals surface area contributed by atoms with Crippen LogP contribution in [0.5, 0.6) is 0 Å². The number of ketones is 1. The van der Waals surface area contributed by atoms with Gasteiger partial charge in [0.1, 0.15) is 5.78 Å². The molecule has 0 spiro atoms. The molecule has 0 bridgehead atoms. The summed E-state index contributed by atoms with van der Waals surface area (Å²) >= 11 is 1.69. The van der Waals surface area contributed by atoms with Gasteiger partial charge in [-0.15, -0.1) is 0 Å². The summed E-state index contributed by atoms with van der Waals surface area (Å²) in [6, 6.07) is 7.99.